The third kappa shape index (κ3) is 34.1. The van der Waals surface area contributed by atoms with Crippen LogP contribution in [0.4, 0.5) is 0 Å². The highest BCUT2D eigenvalue weighted by atomic mass is 16.7. The molecule has 1 aliphatic heterocycles. The van der Waals surface area contributed by atoms with E-state index in [9.17, 15) is 0 Å². The van der Waals surface area contributed by atoms with Gasteiger partial charge in [0.1, 0.15) is 6.10 Å². The van der Waals surface area contributed by atoms with Crippen molar-refractivity contribution in [2.45, 2.75) is 155 Å². The van der Waals surface area contributed by atoms with Crippen molar-refractivity contribution in [3.05, 3.63) is 0 Å². The van der Waals surface area contributed by atoms with Gasteiger partial charge in [-0.1, -0.05) is 129 Å². The molecule has 1 aliphatic rings. The van der Waals surface area contributed by atoms with E-state index in [0.717, 1.165) is 26.1 Å². The maximum absolute atomic E-state index is 6.39. The van der Waals surface area contributed by atoms with Gasteiger partial charge in [0.25, 0.3) is 0 Å². The molecule has 0 spiro atoms. The highest BCUT2D eigenvalue weighted by molar-refractivity contribution is 4.60. The van der Waals surface area contributed by atoms with E-state index in [1.54, 1.807) is 0 Å². The van der Waals surface area contributed by atoms with Gasteiger partial charge in [-0.3, -0.25) is 0 Å². The van der Waals surface area contributed by atoms with E-state index in [1.165, 1.54) is 116 Å². The Morgan fingerprint density at radius 1 is 0.417 bits per heavy atom. The van der Waals surface area contributed by atoms with Crippen molar-refractivity contribution in [1.82, 2.24) is 0 Å². The molecule has 1 rings (SSSR count). The Bertz CT molecular complexity index is 552. The van der Waals surface area contributed by atoms with Crippen molar-refractivity contribution in [2.24, 2.45) is 0 Å². The van der Waals surface area contributed by atoms with Gasteiger partial charge in [-0.2, -0.15) is 0 Å². The fourth-order valence-corrected chi connectivity index (χ4v) is 5.58. The fourth-order valence-electron chi connectivity index (χ4n) is 5.58. The molecule has 48 heavy (non-hydrogen) atoms. The molecule has 0 N–H and O–H groups in total. The summed E-state index contributed by atoms with van der Waals surface area (Å²) >= 11 is 0. The zero-order valence-corrected chi connectivity index (χ0v) is 31.6. The van der Waals surface area contributed by atoms with Gasteiger partial charge in [-0.15, -0.1) is 0 Å². The van der Waals surface area contributed by atoms with Crippen LogP contribution in [0.2, 0.25) is 0 Å². The van der Waals surface area contributed by atoms with Crippen molar-refractivity contribution in [2.75, 3.05) is 99.1 Å². The van der Waals surface area contributed by atoms with Crippen molar-refractivity contribution >= 4 is 0 Å². The summed E-state index contributed by atoms with van der Waals surface area (Å²) in [7, 11) is 0. The average molecular weight is 691 g/mol. The summed E-state index contributed by atoms with van der Waals surface area (Å²) in [5.41, 5.74) is 0. The Kier molecular flexibility index (Phi) is 37.5. The Balaban J connectivity index is 2.42. The maximum atomic E-state index is 6.39. The summed E-state index contributed by atoms with van der Waals surface area (Å²) < 4.78 is 52.9. The van der Waals surface area contributed by atoms with Gasteiger partial charge in [-0.25, -0.2) is 0 Å². The monoisotopic (exact) mass is 691 g/mol. The second-order valence-electron chi connectivity index (χ2n) is 13.1. The normalized spacial score (nSPS) is 18.2. The number of unbranched alkanes of at least 4 members (excludes halogenated alkanes) is 18. The predicted octanol–water partition coefficient (Wildman–Crippen LogP) is 8.69. The average Bonchev–Trinajstić information content (AvgIpc) is 3.09. The highest BCUT2D eigenvalue weighted by Crippen LogP contribution is 2.13. The zero-order valence-electron chi connectivity index (χ0n) is 31.6. The van der Waals surface area contributed by atoms with E-state index < -0.39 is 6.29 Å². The van der Waals surface area contributed by atoms with Crippen molar-refractivity contribution in [3.63, 3.8) is 0 Å². The number of hydrogen-bond donors (Lipinski definition) is 0. The topological polar surface area (TPSA) is 83.1 Å². The first-order chi connectivity index (χ1) is 23.9. The minimum absolute atomic E-state index is 0.231. The van der Waals surface area contributed by atoms with E-state index in [1.807, 2.05) is 0 Å². The third-order valence-corrected chi connectivity index (χ3v) is 8.51. The quantitative estimate of drug-likeness (QED) is 0.0749. The molecule has 0 aliphatic carbocycles. The SMILES string of the molecule is CCCCCCCCCCCCOCC(COCCCCCCCCCCCC)OC1COCCOCCOCCOCCOCCO1. The molecule has 1 heterocycles. The lowest BCUT2D eigenvalue weighted by atomic mass is 10.1. The zero-order chi connectivity index (χ0) is 34.3. The number of rotatable bonds is 28. The Morgan fingerprint density at radius 3 is 1.15 bits per heavy atom. The Morgan fingerprint density at radius 2 is 0.750 bits per heavy atom. The van der Waals surface area contributed by atoms with Gasteiger partial charge < -0.3 is 42.6 Å². The molecular weight excluding hydrogens is 612 g/mol. The first-order valence-corrected chi connectivity index (χ1v) is 20.2. The van der Waals surface area contributed by atoms with Crippen LogP contribution in [0.25, 0.3) is 0 Å². The molecule has 9 heteroatoms. The van der Waals surface area contributed by atoms with Crippen molar-refractivity contribution < 1.29 is 42.6 Å². The molecular formula is C39H78O9. The second-order valence-corrected chi connectivity index (χ2v) is 13.1. The van der Waals surface area contributed by atoms with Crippen molar-refractivity contribution in [3.8, 4) is 0 Å². The molecule has 288 valence electrons. The van der Waals surface area contributed by atoms with Crippen LogP contribution >= 0.6 is 0 Å². The van der Waals surface area contributed by atoms with Crippen LogP contribution in [0.1, 0.15) is 142 Å². The van der Waals surface area contributed by atoms with E-state index >= 15 is 0 Å². The first kappa shape index (κ1) is 45.7. The molecule has 0 radical (unpaired) electrons. The highest BCUT2D eigenvalue weighted by Gasteiger charge is 2.19. The summed E-state index contributed by atoms with van der Waals surface area (Å²) in [6, 6.07) is 0. The van der Waals surface area contributed by atoms with Gasteiger partial charge in [-0.05, 0) is 12.8 Å². The van der Waals surface area contributed by atoms with Gasteiger partial charge in [0.15, 0.2) is 6.29 Å². The summed E-state index contributed by atoms with van der Waals surface area (Å²) in [5, 5.41) is 0. The molecule has 0 aromatic carbocycles. The summed E-state index contributed by atoms with van der Waals surface area (Å²) in [4.78, 5) is 0. The summed E-state index contributed by atoms with van der Waals surface area (Å²) in [5.74, 6) is 0. The molecule has 0 aromatic rings. The standard InChI is InChI=1S/C39H78O9/c1-3-5-7-9-11-13-15-17-19-21-23-44-35-38(36-45-24-22-20-18-16-14-12-10-8-6-4-2)48-39-37-46-32-31-42-28-27-40-25-26-41-29-30-43-33-34-47-39/h38-39H,3-37H2,1-2H3. The van der Waals surface area contributed by atoms with E-state index in [0.29, 0.717) is 85.9 Å². The third-order valence-electron chi connectivity index (χ3n) is 8.51. The van der Waals surface area contributed by atoms with Crippen LogP contribution < -0.4 is 0 Å². The molecule has 0 aromatic heterocycles. The number of hydrogen-bond acceptors (Lipinski definition) is 9. The number of ether oxygens (including phenoxy) is 9. The lowest BCUT2D eigenvalue weighted by molar-refractivity contribution is -0.219. The van der Waals surface area contributed by atoms with Crippen LogP contribution in [0.15, 0.2) is 0 Å². The first-order valence-electron chi connectivity index (χ1n) is 20.2. The summed E-state index contributed by atoms with van der Waals surface area (Å²) in [6.07, 6.45) is 25.5. The smallest absolute Gasteiger partial charge is 0.181 e. The lowest BCUT2D eigenvalue weighted by Gasteiger charge is -2.25. The van der Waals surface area contributed by atoms with Crippen LogP contribution in [0.3, 0.4) is 0 Å². The van der Waals surface area contributed by atoms with E-state index in [-0.39, 0.29) is 6.10 Å². The van der Waals surface area contributed by atoms with Gasteiger partial charge >= 0.3 is 0 Å². The molecule has 1 unspecified atom stereocenters. The van der Waals surface area contributed by atoms with Crippen LogP contribution in [0.5, 0.6) is 0 Å². The van der Waals surface area contributed by atoms with Crippen molar-refractivity contribution in [1.29, 1.82) is 0 Å². The molecule has 1 fully saturated rings. The molecule has 0 amide bonds. The van der Waals surface area contributed by atoms with Gasteiger partial charge in [0.05, 0.1) is 85.9 Å². The lowest BCUT2D eigenvalue weighted by Crippen LogP contribution is -2.35. The van der Waals surface area contributed by atoms with Crippen LogP contribution in [-0.4, -0.2) is 111 Å². The minimum Gasteiger partial charge on any atom is -0.379 e. The fraction of sp³-hybridized carbons (Fsp3) is 1.00. The molecule has 0 bridgehead atoms. The second kappa shape index (κ2) is 39.4. The Labute approximate surface area is 296 Å². The minimum atomic E-state index is -0.543. The Hall–Kier alpha value is -0.360. The molecule has 9 nitrogen and oxygen atoms in total. The molecule has 0 saturated carbocycles. The van der Waals surface area contributed by atoms with Crippen LogP contribution in [0, 0.1) is 0 Å². The van der Waals surface area contributed by atoms with E-state index in [4.69, 9.17) is 42.6 Å². The van der Waals surface area contributed by atoms with Crippen LogP contribution in [-0.2, 0) is 42.6 Å². The largest absolute Gasteiger partial charge is 0.379 e. The molecule has 1 atom stereocenters. The van der Waals surface area contributed by atoms with Gasteiger partial charge in [0.2, 0.25) is 0 Å². The predicted molar refractivity (Wildman–Crippen MR) is 194 cm³/mol. The summed E-state index contributed by atoms with van der Waals surface area (Å²) in [6.45, 7) is 12.3. The van der Waals surface area contributed by atoms with E-state index in [2.05, 4.69) is 13.8 Å². The van der Waals surface area contributed by atoms with Gasteiger partial charge in [0, 0.05) is 13.2 Å². The maximum Gasteiger partial charge on any atom is 0.181 e. The molecule has 1 saturated heterocycles.